The number of anilines is 1. The first-order valence-electron chi connectivity index (χ1n) is 3.59. The number of nitrogens with zero attached hydrogens (tertiary/aromatic N) is 2. The Kier molecular flexibility index (Phi) is 2.43. The van der Waals surface area contributed by atoms with Gasteiger partial charge in [-0.3, -0.25) is 0 Å². The molecule has 0 saturated heterocycles. The van der Waals surface area contributed by atoms with E-state index >= 15 is 0 Å². The summed E-state index contributed by atoms with van der Waals surface area (Å²) < 4.78 is 0. The van der Waals surface area contributed by atoms with Crippen LogP contribution in [0.4, 0.5) is 5.95 Å². The molecule has 0 aliphatic rings. The summed E-state index contributed by atoms with van der Waals surface area (Å²) in [6.07, 6.45) is 0. The average Bonchev–Trinajstić information content (AvgIpc) is 2.31. The van der Waals surface area contributed by atoms with Gasteiger partial charge in [0.2, 0.25) is 5.95 Å². The van der Waals surface area contributed by atoms with E-state index in [2.05, 4.69) is 34.3 Å². The van der Waals surface area contributed by atoms with Gasteiger partial charge in [0.25, 0.3) is 0 Å². The smallest absolute Gasteiger partial charge is 0.219 e. The SMILES string of the molecule is CC(C)NCc1nnc(N)[nH]1. The minimum Gasteiger partial charge on any atom is -0.368 e. The highest BCUT2D eigenvalue weighted by Crippen LogP contribution is 1.92. The Bertz CT molecular complexity index is 217. The predicted octanol–water partition coefficient (Wildman–Crippen LogP) is -0.115. The number of nitrogens with one attached hydrogen (secondary N) is 2. The molecule has 0 amide bonds. The standard InChI is InChI=1S/C6H13N5/c1-4(2)8-3-5-9-6(7)11-10-5/h4,8H,3H2,1-2H3,(H3,7,9,10,11). The van der Waals surface area contributed by atoms with E-state index in [4.69, 9.17) is 5.73 Å². The largest absolute Gasteiger partial charge is 0.368 e. The van der Waals surface area contributed by atoms with Crippen molar-refractivity contribution in [3.8, 4) is 0 Å². The van der Waals surface area contributed by atoms with Gasteiger partial charge in [0.1, 0.15) is 5.82 Å². The number of aromatic amines is 1. The molecule has 4 N–H and O–H groups in total. The van der Waals surface area contributed by atoms with Crippen LogP contribution in [0.3, 0.4) is 0 Å². The molecule has 0 aliphatic heterocycles. The Morgan fingerprint density at radius 2 is 2.27 bits per heavy atom. The maximum absolute atomic E-state index is 5.33. The van der Waals surface area contributed by atoms with Crippen LogP contribution in [0.2, 0.25) is 0 Å². The van der Waals surface area contributed by atoms with Gasteiger partial charge in [-0.15, -0.1) is 10.2 Å². The number of rotatable bonds is 3. The zero-order chi connectivity index (χ0) is 8.27. The van der Waals surface area contributed by atoms with Gasteiger partial charge in [-0.25, -0.2) is 0 Å². The maximum Gasteiger partial charge on any atom is 0.219 e. The topological polar surface area (TPSA) is 79.6 Å². The molecule has 0 unspecified atom stereocenters. The van der Waals surface area contributed by atoms with Gasteiger partial charge in [0, 0.05) is 6.04 Å². The van der Waals surface area contributed by atoms with Crippen molar-refractivity contribution in [2.75, 3.05) is 5.73 Å². The van der Waals surface area contributed by atoms with Crippen LogP contribution >= 0.6 is 0 Å². The first-order chi connectivity index (χ1) is 5.18. The number of H-pyrrole nitrogens is 1. The molecule has 1 rings (SSSR count). The molecule has 0 spiro atoms. The molecule has 5 heteroatoms. The van der Waals surface area contributed by atoms with Gasteiger partial charge in [0.15, 0.2) is 0 Å². The lowest BCUT2D eigenvalue weighted by Gasteiger charge is -2.03. The second-order valence-electron chi connectivity index (χ2n) is 2.69. The van der Waals surface area contributed by atoms with Crippen molar-refractivity contribution in [1.29, 1.82) is 0 Å². The fourth-order valence-electron chi connectivity index (χ4n) is 0.692. The average molecular weight is 155 g/mol. The first-order valence-corrected chi connectivity index (χ1v) is 3.59. The zero-order valence-corrected chi connectivity index (χ0v) is 6.76. The van der Waals surface area contributed by atoms with Crippen LogP contribution in [0.25, 0.3) is 0 Å². The van der Waals surface area contributed by atoms with Crippen molar-refractivity contribution in [3.05, 3.63) is 5.82 Å². The summed E-state index contributed by atoms with van der Waals surface area (Å²) in [7, 11) is 0. The number of aromatic nitrogens is 3. The Morgan fingerprint density at radius 1 is 1.55 bits per heavy atom. The summed E-state index contributed by atoms with van der Waals surface area (Å²) in [6, 6.07) is 0.446. The molecular weight excluding hydrogens is 142 g/mol. The fourth-order valence-corrected chi connectivity index (χ4v) is 0.692. The molecule has 5 nitrogen and oxygen atoms in total. The van der Waals surface area contributed by atoms with Crippen molar-refractivity contribution in [2.24, 2.45) is 0 Å². The highest BCUT2D eigenvalue weighted by atomic mass is 15.3. The predicted molar refractivity (Wildman–Crippen MR) is 42.8 cm³/mol. The molecule has 0 saturated carbocycles. The Morgan fingerprint density at radius 3 is 2.73 bits per heavy atom. The van der Waals surface area contributed by atoms with Crippen LogP contribution in [0, 0.1) is 0 Å². The third-order valence-electron chi connectivity index (χ3n) is 1.23. The van der Waals surface area contributed by atoms with Crippen LogP contribution in [-0.4, -0.2) is 21.2 Å². The number of nitrogens with two attached hydrogens (primary N) is 1. The number of nitrogen functional groups attached to an aromatic ring is 1. The molecule has 0 radical (unpaired) electrons. The molecular formula is C6H13N5. The number of hydrogen-bond acceptors (Lipinski definition) is 4. The Balaban J connectivity index is 2.39. The van der Waals surface area contributed by atoms with Gasteiger partial charge in [-0.1, -0.05) is 13.8 Å². The molecule has 1 aromatic heterocycles. The van der Waals surface area contributed by atoms with Gasteiger partial charge >= 0.3 is 0 Å². The molecule has 0 fully saturated rings. The van der Waals surface area contributed by atoms with Crippen molar-refractivity contribution in [2.45, 2.75) is 26.4 Å². The van der Waals surface area contributed by atoms with Crippen molar-refractivity contribution in [1.82, 2.24) is 20.5 Å². The highest BCUT2D eigenvalue weighted by molar-refractivity contribution is 5.12. The van der Waals surface area contributed by atoms with Gasteiger partial charge in [-0.2, -0.15) is 0 Å². The summed E-state index contributed by atoms with van der Waals surface area (Å²) in [5.74, 6) is 1.14. The lowest BCUT2D eigenvalue weighted by atomic mass is 10.4. The first kappa shape index (κ1) is 8.00. The van der Waals surface area contributed by atoms with E-state index in [-0.39, 0.29) is 0 Å². The van der Waals surface area contributed by atoms with Crippen LogP contribution in [0.5, 0.6) is 0 Å². The minimum absolute atomic E-state index is 0.366. The van der Waals surface area contributed by atoms with Gasteiger partial charge in [0.05, 0.1) is 6.54 Å². The monoisotopic (exact) mass is 155 g/mol. The Hall–Kier alpha value is -1.10. The van der Waals surface area contributed by atoms with Gasteiger partial charge < -0.3 is 16.0 Å². The quantitative estimate of drug-likeness (QED) is 0.568. The molecule has 1 heterocycles. The third kappa shape index (κ3) is 2.55. The lowest BCUT2D eigenvalue weighted by Crippen LogP contribution is -2.22. The second kappa shape index (κ2) is 3.34. The summed E-state index contributed by atoms with van der Waals surface area (Å²) in [6.45, 7) is 4.82. The van der Waals surface area contributed by atoms with E-state index in [0.29, 0.717) is 18.5 Å². The molecule has 62 valence electrons. The normalized spacial score (nSPS) is 10.8. The molecule has 0 aromatic carbocycles. The molecule has 0 bridgehead atoms. The van der Waals surface area contributed by atoms with E-state index < -0.39 is 0 Å². The summed E-state index contributed by atoms with van der Waals surface area (Å²) >= 11 is 0. The summed E-state index contributed by atoms with van der Waals surface area (Å²) in [4.78, 5) is 2.82. The van der Waals surface area contributed by atoms with Crippen LogP contribution in [-0.2, 0) is 6.54 Å². The molecule has 11 heavy (non-hydrogen) atoms. The van der Waals surface area contributed by atoms with E-state index in [0.717, 1.165) is 5.82 Å². The summed E-state index contributed by atoms with van der Waals surface area (Å²) in [5.41, 5.74) is 5.33. The second-order valence-corrected chi connectivity index (χ2v) is 2.69. The van der Waals surface area contributed by atoms with Crippen LogP contribution in [0.15, 0.2) is 0 Å². The van der Waals surface area contributed by atoms with Crippen LogP contribution < -0.4 is 11.1 Å². The summed E-state index contributed by atoms with van der Waals surface area (Å²) in [5, 5.41) is 10.6. The highest BCUT2D eigenvalue weighted by Gasteiger charge is 1.98. The van der Waals surface area contributed by atoms with Gasteiger partial charge in [-0.05, 0) is 0 Å². The lowest BCUT2D eigenvalue weighted by molar-refractivity contribution is 0.573. The molecule has 0 atom stereocenters. The van der Waals surface area contributed by atoms with E-state index in [9.17, 15) is 0 Å². The third-order valence-corrected chi connectivity index (χ3v) is 1.23. The van der Waals surface area contributed by atoms with E-state index in [1.165, 1.54) is 0 Å². The molecule has 1 aromatic rings. The van der Waals surface area contributed by atoms with Crippen molar-refractivity contribution < 1.29 is 0 Å². The Labute approximate surface area is 65.4 Å². The number of hydrogen-bond donors (Lipinski definition) is 3. The minimum atomic E-state index is 0.366. The van der Waals surface area contributed by atoms with Crippen molar-refractivity contribution in [3.63, 3.8) is 0 Å². The fraction of sp³-hybridized carbons (Fsp3) is 0.667. The van der Waals surface area contributed by atoms with Crippen molar-refractivity contribution >= 4 is 5.95 Å². The van der Waals surface area contributed by atoms with Crippen LogP contribution in [0.1, 0.15) is 19.7 Å². The zero-order valence-electron chi connectivity index (χ0n) is 6.76. The molecule has 0 aliphatic carbocycles. The maximum atomic E-state index is 5.33. The van der Waals surface area contributed by atoms with E-state index in [1.54, 1.807) is 0 Å². The van der Waals surface area contributed by atoms with E-state index in [1.807, 2.05) is 0 Å².